The van der Waals surface area contributed by atoms with Crippen molar-refractivity contribution in [3.63, 3.8) is 0 Å². The number of hydrogen-bond acceptors (Lipinski definition) is 2. The molecule has 0 unspecified atom stereocenters. The summed E-state index contributed by atoms with van der Waals surface area (Å²) in [4.78, 5) is 2.50. The van der Waals surface area contributed by atoms with Crippen molar-refractivity contribution in [3.8, 4) is 0 Å². The fourth-order valence-corrected chi connectivity index (χ4v) is 2.97. The average Bonchev–Trinajstić information content (AvgIpc) is 2.35. The topological polar surface area (TPSA) is 15.3 Å². The van der Waals surface area contributed by atoms with Crippen molar-refractivity contribution in [2.75, 3.05) is 25.0 Å². The SMILES string of the molecule is CC(C)CN1CCC(Nc2cc(Br)ccc2F)CC1. The van der Waals surface area contributed by atoms with Crippen molar-refractivity contribution in [2.45, 2.75) is 32.7 Å². The zero-order valence-corrected chi connectivity index (χ0v) is 13.2. The Morgan fingerprint density at radius 3 is 2.68 bits per heavy atom. The highest BCUT2D eigenvalue weighted by atomic mass is 79.9. The Bertz CT molecular complexity index is 415. The highest BCUT2D eigenvalue weighted by molar-refractivity contribution is 9.10. The van der Waals surface area contributed by atoms with Crippen molar-refractivity contribution >= 4 is 21.6 Å². The van der Waals surface area contributed by atoms with Crippen molar-refractivity contribution in [3.05, 3.63) is 28.5 Å². The van der Waals surface area contributed by atoms with Gasteiger partial charge < -0.3 is 10.2 Å². The second-order valence-corrected chi connectivity index (χ2v) is 6.65. The van der Waals surface area contributed by atoms with Gasteiger partial charge in [-0.3, -0.25) is 0 Å². The zero-order chi connectivity index (χ0) is 13.8. The molecule has 2 rings (SSSR count). The predicted molar refractivity (Wildman–Crippen MR) is 82.0 cm³/mol. The second kappa shape index (κ2) is 6.71. The Hall–Kier alpha value is -0.610. The summed E-state index contributed by atoms with van der Waals surface area (Å²) in [6.45, 7) is 7.87. The predicted octanol–water partition coefficient (Wildman–Crippen LogP) is 4.12. The van der Waals surface area contributed by atoms with Gasteiger partial charge in [-0.15, -0.1) is 0 Å². The maximum atomic E-state index is 13.7. The molecule has 0 aromatic heterocycles. The molecule has 0 atom stereocenters. The largest absolute Gasteiger partial charge is 0.380 e. The zero-order valence-electron chi connectivity index (χ0n) is 11.6. The molecular formula is C15H22BrFN2. The summed E-state index contributed by atoms with van der Waals surface area (Å²) in [7, 11) is 0. The molecule has 0 bridgehead atoms. The van der Waals surface area contributed by atoms with E-state index in [1.54, 1.807) is 6.07 Å². The van der Waals surface area contributed by atoms with Gasteiger partial charge in [-0.1, -0.05) is 29.8 Å². The van der Waals surface area contributed by atoms with Crippen LogP contribution < -0.4 is 5.32 Å². The maximum absolute atomic E-state index is 13.7. The minimum atomic E-state index is -0.173. The molecule has 0 amide bonds. The number of piperidine rings is 1. The number of likely N-dealkylation sites (tertiary alicyclic amines) is 1. The highest BCUT2D eigenvalue weighted by Crippen LogP contribution is 2.23. The summed E-state index contributed by atoms with van der Waals surface area (Å²) in [5.41, 5.74) is 0.608. The molecular weight excluding hydrogens is 307 g/mol. The lowest BCUT2D eigenvalue weighted by Gasteiger charge is -2.33. The highest BCUT2D eigenvalue weighted by Gasteiger charge is 2.20. The number of anilines is 1. The lowest BCUT2D eigenvalue weighted by Crippen LogP contribution is -2.40. The minimum absolute atomic E-state index is 0.173. The van der Waals surface area contributed by atoms with Gasteiger partial charge in [0.05, 0.1) is 5.69 Å². The summed E-state index contributed by atoms with van der Waals surface area (Å²) in [6, 6.07) is 5.43. The van der Waals surface area contributed by atoms with Crippen LogP contribution in [0.2, 0.25) is 0 Å². The van der Waals surface area contributed by atoms with Crippen molar-refractivity contribution in [1.82, 2.24) is 4.90 Å². The van der Waals surface area contributed by atoms with Gasteiger partial charge in [0.2, 0.25) is 0 Å². The smallest absolute Gasteiger partial charge is 0.146 e. The number of benzene rings is 1. The normalized spacial score (nSPS) is 17.9. The van der Waals surface area contributed by atoms with E-state index in [0.29, 0.717) is 17.6 Å². The van der Waals surface area contributed by atoms with Gasteiger partial charge in [0.15, 0.2) is 0 Å². The Morgan fingerprint density at radius 2 is 2.05 bits per heavy atom. The molecule has 19 heavy (non-hydrogen) atoms. The monoisotopic (exact) mass is 328 g/mol. The van der Waals surface area contributed by atoms with Crippen molar-refractivity contribution in [2.24, 2.45) is 5.92 Å². The molecule has 0 spiro atoms. The molecule has 4 heteroatoms. The van der Waals surface area contributed by atoms with Crippen LogP contribution in [0, 0.1) is 11.7 Å². The third-order valence-corrected chi connectivity index (χ3v) is 3.99. The van der Waals surface area contributed by atoms with E-state index in [0.717, 1.165) is 36.9 Å². The van der Waals surface area contributed by atoms with Crippen LogP contribution >= 0.6 is 15.9 Å². The molecule has 1 aromatic carbocycles. The van der Waals surface area contributed by atoms with E-state index in [1.165, 1.54) is 6.07 Å². The molecule has 0 aliphatic carbocycles. The van der Waals surface area contributed by atoms with Gasteiger partial charge in [-0.25, -0.2) is 4.39 Å². The van der Waals surface area contributed by atoms with Crippen LogP contribution in [0.3, 0.4) is 0 Å². The van der Waals surface area contributed by atoms with Gasteiger partial charge in [-0.2, -0.15) is 0 Å². The lowest BCUT2D eigenvalue weighted by atomic mass is 10.0. The number of hydrogen-bond donors (Lipinski definition) is 1. The van der Waals surface area contributed by atoms with E-state index in [2.05, 4.69) is 40.0 Å². The van der Waals surface area contributed by atoms with Crippen LogP contribution in [-0.2, 0) is 0 Å². The fourth-order valence-electron chi connectivity index (χ4n) is 2.60. The van der Waals surface area contributed by atoms with E-state index < -0.39 is 0 Å². The second-order valence-electron chi connectivity index (χ2n) is 5.74. The summed E-state index contributed by atoms with van der Waals surface area (Å²) in [5.74, 6) is 0.542. The summed E-state index contributed by atoms with van der Waals surface area (Å²) in [6.07, 6.45) is 2.16. The van der Waals surface area contributed by atoms with Crippen LogP contribution in [0.1, 0.15) is 26.7 Å². The first-order valence-corrected chi connectivity index (χ1v) is 7.78. The number of nitrogens with zero attached hydrogens (tertiary/aromatic N) is 1. The standard InChI is InChI=1S/C15H22BrFN2/c1-11(2)10-19-7-5-13(6-8-19)18-15-9-12(16)3-4-14(15)17/h3-4,9,11,13,18H,5-8,10H2,1-2H3. The van der Waals surface area contributed by atoms with Crippen molar-refractivity contribution in [1.29, 1.82) is 0 Å². The molecule has 1 N–H and O–H groups in total. The average molecular weight is 329 g/mol. The van der Waals surface area contributed by atoms with Gasteiger partial charge in [0, 0.05) is 30.1 Å². The first-order chi connectivity index (χ1) is 9.04. The molecule has 1 aliphatic heterocycles. The molecule has 1 aliphatic rings. The Kier molecular flexibility index (Phi) is 5.22. The minimum Gasteiger partial charge on any atom is -0.380 e. The number of nitrogens with one attached hydrogen (secondary N) is 1. The Morgan fingerprint density at radius 1 is 1.37 bits per heavy atom. The molecule has 1 aromatic rings. The molecule has 1 saturated heterocycles. The van der Waals surface area contributed by atoms with E-state index >= 15 is 0 Å². The van der Waals surface area contributed by atoms with Crippen LogP contribution in [0.15, 0.2) is 22.7 Å². The Balaban J connectivity index is 1.87. The molecule has 1 fully saturated rings. The maximum Gasteiger partial charge on any atom is 0.146 e. The summed E-state index contributed by atoms with van der Waals surface area (Å²) in [5, 5.41) is 3.33. The Labute approximate surface area is 123 Å². The van der Waals surface area contributed by atoms with E-state index in [-0.39, 0.29) is 5.82 Å². The van der Waals surface area contributed by atoms with Gasteiger partial charge in [0.1, 0.15) is 5.82 Å². The van der Waals surface area contributed by atoms with E-state index in [9.17, 15) is 4.39 Å². The van der Waals surface area contributed by atoms with Crippen LogP contribution in [0.25, 0.3) is 0 Å². The first-order valence-electron chi connectivity index (χ1n) is 6.98. The number of halogens is 2. The fraction of sp³-hybridized carbons (Fsp3) is 0.600. The van der Waals surface area contributed by atoms with Gasteiger partial charge in [0.25, 0.3) is 0 Å². The van der Waals surface area contributed by atoms with Crippen LogP contribution in [-0.4, -0.2) is 30.6 Å². The molecule has 2 nitrogen and oxygen atoms in total. The third-order valence-electron chi connectivity index (χ3n) is 3.50. The van der Waals surface area contributed by atoms with Crippen LogP contribution in [0.5, 0.6) is 0 Å². The quantitative estimate of drug-likeness (QED) is 0.894. The summed E-state index contributed by atoms with van der Waals surface area (Å²) < 4.78 is 14.6. The number of rotatable bonds is 4. The van der Waals surface area contributed by atoms with Gasteiger partial charge >= 0.3 is 0 Å². The molecule has 1 heterocycles. The first kappa shape index (κ1) is 14.8. The molecule has 0 saturated carbocycles. The molecule has 106 valence electrons. The van der Waals surface area contributed by atoms with Crippen molar-refractivity contribution < 1.29 is 4.39 Å². The summed E-state index contributed by atoms with van der Waals surface area (Å²) >= 11 is 3.38. The molecule has 0 radical (unpaired) electrons. The third kappa shape index (κ3) is 4.46. The van der Waals surface area contributed by atoms with E-state index in [4.69, 9.17) is 0 Å². The van der Waals surface area contributed by atoms with Gasteiger partial charge in [-0.05, 0) is 37.0 Å². The van der Waals surface area contributed by atoms with Crippen LogP contribution in [0.4, 0.5) is 10.1 Å². The lowest BCUT2D eigenvalue weighted by molar-refractivity contribution is 0.198. The van der Waals surface area contributed by atoms with E-state index in [1.807, 2.05) is 6.07 Å².